The van der Waals surface area contributed by atoms with Crippen LogP contribution in [0.5, 0.6) is 0 Å². The third kappa shape index (κ3) is 5.37. The minimum absolute atomic E-state index is 0. The Kier molecular flexibility index (Phi) is 10.1. The molecule has 0 aliphatic heterocycles. The zero-order valence-corrected chi connectivity index (χ0v) is 20.4. The zero-order valence-electron chi connectivity index (χ0n) is 18.3. The maximum Gasteiger partial charge on any atom is 1.00 e. The van der Waals surface area contributed by atoms with E-state index in [2.05, 4.69) is 121 Å². The van der Waals surface area contributed by atoms with Crippen LogP contribution < -0.4 is 73.2 Å². The van der Waals surface area contributed by atoms with Gasteiger partial charge in [0, 0.05) is 6.61 Å². The van der Waals surface area contributed by atoms with Gasteiger partial charge in [0.05, 0.1) is 0 Å². The first-order valence-electron chi connectivity index (χ1n) is 9.82. The van der Waals surface area contributed by atoms with Crippen molar-refractivity contribution in [3.63, 3.8) is 0 Å². The summed E-state index contributed by atoms with van der Waals surface area (Å²) in [5, 5.41) is 7.57. The molecule has 0 aliphatic rings. The molecule has 29 heavy (non-hydrogen) atoms. The van der Waals surface area contributed by atoms with Crippen LogP contribution in [0.2, 0.25) is 0 Å². The molecule has 0 aliphatic carbocycles. The van der Waals surface area contributed by atoms with Crippen molar-refractivity contribution in [2.24, 2.45) is 0 Å². The Bertz CT molecular complexity index is 788. The van der Waals surface area contributed by atoms with E-state index < -0.39 is 6.15 Å². The van der Waals surface area contributed by atoms with E-state index in [0.717, 1.165) is 0 Å². The van der Waals surface area contributed by atoms with Gasteiger partial charge in [-0.15, -0.1) is 0 Å². The molecule has 0 heterocycles. The van der Waals surface area contributed by atoms with Crippen LogP contribution >= 0.6 is 0 Å². The topological polar surface area (TPSA) is 20.2 Å². The molecule has 0 amide bonds. The summed E-state index contributed by atoms with van der Waals surface area (Å²) < 4.78 is 0. The molecule has 0 bridgehead atoms. The fourth-order valence-corrected chi connectivity index (χ4v) is 4.12. The third-order valence-electron chi connectivity index (χ3n) is 5.20. The molecule has 4 aromatic rings. The van der Waals surface area contributed by atoms with Gasteiger partial charge < -0.3 is 6.53 Å². The van der Waals surface area contributed by atoms with Gasteiger partial charge in [-0.2, -0.15) is 21.9 Å². The molecular weight excluding hydrogens is 378 g/mol. The standard InChI is InChI=1S/C24H20B.C2H6O.K.H/c1-5-13-21(14-6-1)25(22-15-7-2-8-16-22,23-17-9-3-10-18-23)24-19-11-4-12-20-24;1-2-3;;/h1-20H;3H,2H2,1H3;;/q-1;;+1;-1. The molecular formula is C26H27BKO-. The number of hydrogen-bond donors (Lipinski definition) is 1. The fraction of sp³-hybridized carbons (Fsp3) is 0.0769. The Hall–Kier alpha value is -1.46. The Morgan fingerprint density at radius 3 is 0.862 bits per heavy atom. The van der Waals surface area contributed by atoms with Crippen LogP contribution in [-0.2, 0) is 0 Å². The SMILES string of the molecule is CCO.[H-].[K+].c1ccc([B-](c2ccccc2)(c2ccccc2)c2ccccc2)cc1. The quantitative estimate of drug-likeness (QED) is 0.481. The van der Waals surface area contributed by atoms with Crippen molar-refractivity contribution >= 4 is 28.0 Å². The summed E-state index contributed by atoms with van der Waals surface area (Å²) in [5.41, 5.74) is 5.36. The number of rotatable bonds is 4. The maximum atomic E-state index is 7.57. The summed E-state index contributed by atoms with van der Waals surface area (Å²) >= 11 is 0. The summed E-state index contributed by atoms with van der Waals surface area (Å²) in [7, 11) is 0. The molecule has 1 N–H and O–H groups in total. The molecule has 0 saturated carbocycles. The predicted molar refractivity (Wildman–Crippen MR) is 124 cm³/mol. The second-order valence-electron chi connectivity index (χ2n) is 6.82. The molecule has 0 aromatic heterocycles. The average molecular weight is 405 g/mol. The number of aliphatic hydroxyl groups is 1. The molecule has 0 spiro atoms. The van der Waals surface area contributed by atoms with Crippen LogP contribution in [0.15, 0.2) is 121 Å². The minimum Gasteiger partial charge on any atom is -1.00 e. The molecule has 0 atom stereocenters. The van der Waals surface area contributed by atoms with Crippen LogP contribution in [0.1, 0.15) is 8.35 Å². The maximum absolute atomic E-state index is 7.57. The van der Waals surface area contributed by atoms with Gasteiger partial charge in [-0.25, -0.2) is 0 Å². The smallest absolute Gasteiger partial charge is 1.00 e. The van der Waals surface area contributed by atoms with Crippen LogP contribution in [-0.4, -0.2) is 17.9 Å². The Balaban J connectivity index is 0.000000851. The van der Waals surface area contributed by atoms with Gasteiger partial charge in [0.25, 0.3) is 0 Å². The monoisotopic (exact) mass is 405 g/mol. The number of aliphatic hydroxyl groups excluding tert-OH is 1. The fourth-order valence-electron chi connectivity index (χ4n) is 4.12. The van der Waals surface area contributed by atoms with Crippen LogP contribution in [0.25, 0.3) is 0 Å². The molecule has 4 aromatic carbocycles. The van der Waals surface area contributed by atoms with Crippen LogP contribution in [0, 0.1) is 0 Å². The molecule has 0 unspecified atom stereocenters. The molecule has 1 nitrogen and oxygen atoms in total. The zero-order chi connectivity index (χ0) is 19.7. The Morgan fingerprint density at radius 1 is 0.517 bits per heavy atom. The number of benzene rings is 4. The summed E-state index contributed by atoms with van der Waals surface area (Å²) in [6.45, 7) is 1.93. The van der Waals surface area contributed by atoms with Gasteiger partial charge in [0.2, 0.25) is 0 Å². The van der Waals surface area contributed by atoms with E-state index in [1.54, 1.807) is 6.92 Å². The summed E-state index contributed by atoms with van der Waals surface area (Å²) in [5.74, 6) is 0. The normalized spacial score (nSPS) is 10.3. The first kappa shape index (κ1) is 23.8. The number of hydrogen-bond acceptors (Lipinski definition) is 1. The molecule has 0 radical (unpaired) electrons. The second-order valence-corrected chi connectivity index (χ2v) is 6.82. The van der Waals surface area contributed by atoms with Gasteiger partial charge in [-0.1, -0.05) is 121 Å². The van der Waals surface area contributed by atoms with E-state index in [0.29, 0.717) is 0 Å². The van der Waals surface area contributed by atoms with Crippen LogP contribution in [0.4, 0.5) is 0 Å². The van der Waals surface area contributed by atoms with E-state index >= 15 is 0 Å². The van der Waals surface area contributed by atoms with Crippen molar-refractivity contribution in [2.75, 3.05) is 6.61 Å². The minimum atomic E-state index is -1.22. The van der Waals surface area contributed by atoms with Crippen molar-refractivity contribution < 1.29 is 57.9 Å². The third-order valence-corrected chi connectivity index (χ3v) is 5.20. The molecule has 0 fully saturated rings. The summed E-state index contributed by atoms with van der Waals surface area (Å²) in [6, 6.07) is 43.5. The first-order chi connectivity index (χ1) is 13.8. The molecule has 142 valence electrons. The van der Waals surface area contributed by atoms with E-state index in [-0.39, 0.29) is 59.4 Å². The summed E-state index contributed by atoms with van der Waals surface area (Å²) in [4.78, 5) is 0. The first-order valence-corrected chi connectivity index (χ1v) is 9.82. The Labute approximate surface area is 218 Å². The van der Waals surface area contributed by atoms with Gasteiger partial charge in [0.1, 0.15) is 6.15 Å². The second kappa shape index (κ2) is 12.3. The Morgan fingerprint density at radius 2 is 0.690 bits per heavy atom. The van der Waals surface area contributed by atoms with Crippen molar-refractivity contribution in [1.82, 2.24) is 0 Å². The van der Waals surface area contributed by atoms with Gasteiger partial charge >= 0.3 is 51.4 Å². The largest absolute Gasteiger partial charge is 1.00 e. The van der Waals surface area contributed by atoms with Crippen molar-refractivity contribution in [2.45, 2.75) is 6.92 Å². The van der Waals surface area contributed by atoms with Crippen molar-refractivity contribution in [1.29, 1.82) is 0 Å². The van der Waals surface area contributed by atoms with Gasteiger partial charge in [-0.3, -0.25) is 0 Å². The van der Waals surface area contributed by atoms with Crippen molar-refractivity contribution in [3.05, 3.63) is 121 Å². The average Bonchev–Trinajstić information content (AvgIpc) is 2.78. The van der Waals surface area contributed by atoms with Gasteiger partial charge in [-0.05, 0) is 6.92 Å². The van der Waals surface area contributed by atoms with Crippen LogP contribution in [0.3, 0.4) is 0 Å². The molecule has 3 heteroatoms. The molecule has 4 rings (SSSR count). The van der Waals surface area contributed by atoms with Gasteiger partial charge in [0.15, 0.2) is 0 Å². The predicted octanol–water partition coefficient (Wildman–Crippen LogP) is 0.179. The van der Waals surface area contributed by atoms with E-state index in [1.165, 1.54) is 21.9 Å². The van der Waals surface area contributed by atoms with E-state index in [4.69, 9.17) is 5.11 Å². The van der Waals surface area contributed by atoms with E-state index in [1.807, 2.05) is 0 Å². The summed E-state index contributed by atoms with van der Waals surface area (Å²) in [6.07, 6.45) is -1.22. The van der Waals surface area contributed by atoms with Crippen molar-refractivity contribution in [3.8, 4) is 0 Å². The molecule has 0 saturated heterocycles. The van der Waals surface area contributed by atoms with E-state index in [9.17, 15) is 0 Å².